The van der Waals surface area contributed by atoms with E-state index >= 15 is 0 Å². The Kier molecular flexibility index (Phi) is 3.55. The fraction of sp³-hybridized carbons (Fsp3) is 0.167. The standard InChI is InChI=1S/C12H10F3N3O/c1-19-10-5-3-2-4-9(10)18-11-16-6-8(7-17-11)12(13,14)15/h2-7H,1H3,(H,16,17,18). The van der Waals surface area contributed by atoms with Crippen LogP contribution in [-0.4, -0.2) is 17.1 Å². The Morgan fingerprint density at radius 1 is 1.11 bits per heavy atom. The highest BCUT2D eigenvalue weighted by Crippen LogP contribution is 2.29. The Morgan fingerprint density at radius 2 is 1.74 bits per heavy atom. The van der Waals surface area contributed by atoms with Gasteiger partial charge < -0.3 is 10.1 Å². The third kappa shape index (κ3) is 3.12. The van der Waals surface area contributed by atoms with Crippen molar-refractivity contribution in [3.05, 3.63) is 42.2 Å². The number of para-hydroxylation sites is 2. The van der Waals surface area contributed by atoms with Gasteiger partial charge in [0, 0.05) is 12.4 Å². The van der Waals surface area contributed by atoms with Crippen LogP contribution in [0.4, 0.5) is 24.8 Å². The van der Waals surface area contributed by atoms with Gasteiger partial charge >= 0.3 is 6.18 Å². The number of alkyl halides is 3. The lowest BCUT2D eigenvalue weighted by molar-refractivity contribution is -0.138. The molecule has 100 valence electrons. The Hall–Kier alpha value is -2.31. The molecule has 4 nitrogen and oxygen atoms in total. The van der Waals surface area contributed by atoms with Gasteiger partial charge in [0.1, 0.15) is 5.75 Å². The normalized spacial score (nSPS) is 11.2. The van der Waals surface area contributed by atoms with Crippen LogP contribution in [0.3, 0.4) is 0 Å². The van der Waals surface area contributed by atoms with E-state index in [2.05, 4.69) is 15.3 Å². The molecule has 7 heteroatoms. The van der Waals surface area contributed by atoms with Crippen LogP contribution < -0.4 is 10.1 Å². The summed E-state index contributed by atoms with van der Waals surface area (Å²) in [7, 11) is 1.49. The Bertz CT molecular complexity index is 555. The summed E-state index contributed by atoms with van der Waals surface area (Å²) in [6.07, 6.45) is -2.99. The van der Waals surface area contributed by atoms with Crippen LogP contribution in [0.25, 0.3) is 0 Å². The van der Waals surface area contributed by atoms with Crippen molar-refractivity contribution in [3.63, 3.8) is 0 Å². The number of benzene rings is 1. The van der Waals surface area contributed by atoms with E-state index in [1.54, 1.807) is 24.3 Å². The molecule has 0 bridgehead atoms. The maximum atomic E-state index is 12.3. The molecule has 0 atom stereocenters. The van der Waals surface area contributed by atoms with Crippen LogP contribution in [0.1, 0.15) is 5.56 Å². The number of nitrogens with one attached hydrogen (secondary N) is 1. The third-order valence-electron chi connectivity index (χ3n) is 2.33. The zero-order valence-electron chi connectivity index (χ0n) is 9.90. The van der Waals surface area contributed by atoms with Crippen LogP contribution in [0.5, 0.6) is 5.75 Å². The summed E-state index contributed by atoms with van der Waals surface area (Å²) in [4.78, 5) is 7.24. The maximum absolute atomic E-state index is 12.3. The average Bonchev–Trinajstić information content (AvgIpc) is 2.39. The second-order valence-corrected chi connectivity index (χ2v) is 3.62. The molecule has 0 radical (unpaired) electrons. The van der Waals surface area contributed by atoms with Crippen LogP contribution in [0.2, 0.25) is 0 Å². The van der Waals surface area contributed by atoms with Gasteiger partial charge in [-0.15, -0.1) is 0 Å². The van der Waals surface area contributed by atoms with Gasteiger partial charge in [0.05, 0.1) is 18.4 Å². The predicted octanol–water partition coefficient (Wildman–Crippen LogP) is 3.25. The molecule has 19 heavy (non-hydrogen) atoms. The lowest BCUT2D eigenvalue weighted by Crippen LogP contribution is -2.07. The first kappa shape index (κ1) is 13.1. The van der Waals surface area contributed by atoms with Crippen LogP contribution in [-0.2, 0) is 6.18 Å². The number of rotatable bonds is 3. The highest BCUT2D eigenvalue weighted by molar-refractivity contribution is 5.62. The first-order valence-electron chi connectivity index (χ1n) is 5.30. The van der Waals surface area contributed by atoms with E-state index in [9.17, 15) is 13.2 Å². The third-order valence-corrected chi connectivity index (χ3v) is 2.33. The molecule has 0 amide bonds. The molecule has 1 aromatic heterocycles. The van der Waals surface area contributed by atoms with Crippen molar-refractivity contribution >= 4 is 11.6 Å². The minimum atomic E-state index is -4.44. The SMILES string of the molecule is COc1ccccc1Nc1ncc(C(F)(F)F)cn1. The van der Waals surface area contributed by atoms with Gasteiger partial charge in [0.25, 0.3) is 0 Å². The highest BCUT2D eigenvalue weighted by atomic mass is 19.4. The van der Waals surface area contributed by atoms with Gasteiger partial charge in [-0.3, -0.25) is 0 Å². The number of halogens is 3. The zero-order valence-corrected chi connectivity index (χ0v) is 9.90. The topological polar surface area (TPSA) is 47.0 Å². The molecule has 0 unspecified atom stereocenters. The minimum absolute atomic E-state index is 0.0671. The summed E-state index contributed by atoms with van der Waals surface area (Å²) in [6.45, 7) is 0. The van der Waals surface area contributed by atoms with Crippen molar-refractivity contribution in [1.82, 2.24) is 9.97 Å². The summed E-state index contributed by atoms with van der Waals surface area (Å²) < 4.78 is 42.1. The van der Waals surface area contributed by atoms with Gasteiger partial charge in [-0.05, 0) is 12.1 Å². The summed E-state index contributed by atoms with van der Waals surface area (Å²) in [5.41, 5.74) is -0.317. The molecule has 1 heterocycles. The van der Waals surface area contributed by atoms with Crippen LogP contribution in [0.15, 0.2) is 36.7 Å². The molecule has 0 spiro atoms. The van der Waals surface area contributed by atoms with E-state index in [0.29, 0.717) is 11.4 Å². The first-order chi connectivity index (χ1) is 9.00. The van der Waals surface area contributed by atoms with E-state index in [0.717, 1.165) is 12.4 Å². The second-order valence-electron chi connectivity index (χ2n) is 3.62. The van der Waals surface area contributed by atoms with E-state index < -0.39 is 11.7 Å². The minimum Gasteiger partial charge on any atom is -0.495 e. The molecule has 0 fully saturated rings. The molecule has 1 aromatic carbocycles. The zero-order chi connectivity index (χ0) is 13.9. The van der Waals surface area contributed by atoms with E-state index in [1.165, 1.54) is 7.11 Å². The Labute approximate surface area is 107 Å². The van der Waals surface area contributed by atoms with Crippen LogP contribution >= 0.6 is 0 Å². The summed E-state index contributed by atoms with van der Waals surface area (Å²) >= 11 is 0. The maximum Gasteiger partial charge on any atom is 0.419 e. The monoisotopic (exact) mass is 269 g/mol. The molecule has 1 N–H and O–H groups in total. The Morgan fingerprint density at radius 3 is 2.32 bits per heavy atom. The van der Waals surface area contributed by atoms with Crippen molar-refractivity contribution in [2.45, 2.75) is 6.18 Å². The summed E-state index contributed by atoms with van der Waals surface area (Å²) in [6, 6.07) is 6.96. The van der Waals surface area contributed by atoms with Gasteiger partial charge in [0.2, 0.25) is 5.95 Å². The van der Waals surface area contributed by atoms with Gasteiger partial charge in [0.15, 0.2) is 0 Å². The van der Waals surface area contributed by atoms with E-state index in [1.807, 2.05) is 0 Å². The number of nitrogens with zero attached hydrogens (tertiary/aromatic N) is 2. The fourth-order valence-electron chi connectivity index (χ4n) is 1.41. The average molecular weight is 269 g/mol. The number of anilines is 2. The van der Waals surface area contributed by atoms with Crippen molar-refractivity contribution < 1.29 is 17.9 Å². The molecule has 0 aliphatic carbocycles. The predicted molar refractivity (Wildman–Crippen MR) is 63.3 cm³/mol. The molecule has 0 aliphatic rings. The first-order valence-corrected chi connectivity index (χ1v) is 5.30. The molecular weight excluding hydrogens is 259 g/mol. The summed E-state index contributed by atoms with van der Waals surface area (Å²) in [5.74, 6) is 0.614. The van der Waals surface area contributed by atoms with E-state index in [4.69, 9.17) is 4.74 Å². The molecule has 2 aromatic rings. The molecule has 2 rings (SSSR count). The van der Waals surface area contributed by atoms with Crippen molar-refractivity contribution in [1.29, 1.82) is 0 Å². The van der Waals surface area contributed by atoms with Crippen molar-refractivity contribution in [2.24, 2.45) is 0 Å². The summed E-state index contributed by atoms with van der Waals surface area (Å²) in [5, 5.41) is 2.79. The quantitative estimate of drug-likeness (QED) is 0.929. The lowest BCUT2D eigenvalue weighted by Gasteiger charge is -2.10. The number of methoxy groups -OCH3 is 1. The largest absolute Gasteiger partial charge is 0.495 e. The molecule has 0 aliphatic heterocycles. The molecule has 0 saturated heterocycles. The molecule has 0 saturated carbocycles. The van der Waals surface area contributed by atoms with Crippen LogP contribution in [0, 0.1) is 0 Å². The number of ether oxygens (including phenoxy) is 1. The van der Waals surface area contributed by atoms with Crippen molar-refractivity contribution in [3.8, 4) is 5.75 Å². The second kappa shape index (κ2) is 5.13. The fourth-order valence-corrected chi connectivity index (χ4v) is 1.41. The smallest absolute Gasteiger partial charge is 0.419 e. The number of hydrogen-bond donors (Lipinski definition) is 1. The number of hydrogen-bond acceptors (Lipinski definition) is 4. The van der Waals surface area contributed by atoms with Gasteiger partial charge in [-0.2, -0.15) is 13.2 Å². The van der Waals surface area contributed by atoms with Gasteiger partial charge in [-0.25, -0.2) is 9.97 Å². The molecular formula is C12H10F3N3O. The van der Waals surface area contributed by atoms with E-state index in [-0.39, 0.29) is 5.95 Å². The van der Waals surface area contributed by atoms with Gasteiger partial charge in [-0.1, -0.05) is 12.1 Å². The lowest BCUT2D eigenvalue weighted by atomic mass is 10.3. The highest BCUT2D eigenvalue weighted by Gasteiger charge is 2.31. The van der Waals surface area contributed by atoms with Crippen molar-refractivity contribution in [2.75, 3.05) is 12.4 Å². The number of aromatic nitrogens is 2. The Balaban J connectivity index is 2.20.